The fraction of sp³-hybridized carbons (Fsp3) is 1.00. The first-order valence-electron chi connectivity index (χ1n) is 7.95. The van der Waals surface area contributed by atoms with Crippen molar-refractivity contribution >= 4 is 0 Å². The quantitative estimate of drug-likeness (QED) is 0.347. The second-order valence-corrected chi connectivity index (χ2v) is 4.91. The summed E-state index contributed by atoms with van der Waals surface area (Å²) in [6.07, 6.45) is 13.9. The van der Waals surface area contributed by atoms with Crippen molar-refractivity contribution in [2.45, 2.75) is 90.9 Å². The summed E-state index contributed by atoms with van der Waals surface area (Å²) >= 11 is 0. The molecule has 0 aromatic carbocycles. The van der Waals surface area contributed by atoms with Gasteiger partial charge in [-0.3, -0.25) is 8.78 Å². The van der Waals surface area contributed by atoms with Crippen LogP contribution in [0.15, 0.2) is 0 Å². The van der Waals surface area contributed by atoms with Crippen LogP contribution in [0.25, 0.3) is 0 Å². The molecule has 0 saturated carbocycles. The van der Waals surface area contributed by atoms with Gasteiger partial charge >= 0.3 is 0 Å². The molecule has 0 aromatic heterocycles. The van der Waals surface area contributed by atoms with E-state index in [1.807, 2.05) is 0 Å². The van der Waals surface area contributed by atoms with Gasteiger partial charge in [-0.25, -0.2) is 0 Å². The van der Waals surface area contributed by atoms with E-state index in [9.17, 15) is 8.78 Å². The molecule has 0 radical (unpaired) electrons. The third-order valence-corrected chi connectivity index (χ3v) is 2.97. The van der Waals surface area contributed by atoms with Gasteiger partial charge in [0.05, 0.1) is 13.3 Å². The molecule has 0 rings (SSSR count). The van der Waals surface area contributed by atoms with E-state index < -0.39 is 0 Å². The zero-order valence-corrected chi connectivity index (χ0v) is 12.7. The van der Waals surface area contributed by atoms with E-state index in [0.29, 0.717) is 0 Å². The number of hydrogen-bond donors (Lipinski definition) is 0. The van der Waals surface area contributed by atoms with Crippen LogP contribution in [-0.2, 0) is 0 Å². The van der Waals surface area contributed by atoms with Crippen LogP contribution >= 0.6 is 0 Å². The predicted octanol–water partition coefficient (Wildman–Crippen LogP) is 6.63. The highest BCUT2D eigenvalue weighted by Crippen LogP contribution is 2.05. The van der Waals surface area contributed by atoms with Crippen molar-refractivity contribution in [3.05, 3.63) is 0 Å². The first-order valence-corrected chi connectivity index (χ1v) is 7.95. The molecule has 0 bridgehead atoms. The van der Waals surface area contributed by atoms with Crippen molar-refractivity contribution in [2.24, 2.45) is 0 Å². The smallest absolute Gasteiger partial charge is 0.0894 e. The largest absolute Gasteiger partial charge is 0.251 e. The maximum atomic E-state index is 11.5. The standard InChI is InChI=1S/2C8H17F/c2*1-2-3-4-5-6-7-8-9/h2*2-8H2,1H3. The normalized spacial score (nSPS) is 10.0. The molecule has 0 atom stereocenters. The Hall–Kier alpha value is -0.140. The van der Waals surface area contributed by atoms with Gasteiger partial charge in [-0.05, 0) is 12.8 Å². The van der Waals surface area contributed by atoms with Crippen molar-refractivity contribution in [3.63, 3.8) is 0 Å². The fourth-order valence-electron chi connectivity index (χ4n) is 1.75. The van der Waals surface area contributed by atoms with E-state index >= 15 is 0 Å². The molecule has 0 nitrogen and oxygen atoms in total. The van der Waals surface area contributed by atoms with Crippen LogP contribution in [0.1, 0.15) is 90.9 Å². The van der Waals surface area contributed by atoms with Gasteiger partial charge in [-0.15, -0.1) is 0 Å². The summed E-state index contributed by atoms with van der Waals surface area (Å²) in [6, 6.07) is 0. The minimum atomic E-state index is -0.133. The molecule has 112 valence electrons. The second kappa shape index (κ2) is 22.1. The van der Waals surface area contributed by atoms with Crippen LogP contribution in [0.2, 0.25) is 0 Å². The van der Waals surface area contributed by atoms with Gasteiger partial charge in [0.2, 0.25) is 0 Å². The molecule has 0 aromatic rings. The van der Waals surface area contributed by atoms with Gasteiger partial charge in [0, 0.05) is 0 Å². The Morgan fingerprint density at radius 2 is 0.722 bits per heavy atom. The zero-order chi connectivity index (χ0) is 13.9. The van der Waals surface area contributed by atoms with Crippen molar-refractivity contribution in [1.29, 1.82) is 0 Å². The van der Waals surface area contributed by atoms with Gasteiger partial charge in [-0.1, -0.05) is 78.1 Å². The van der Waals surface area contributed by atoms with Crippen molar-refractivity contribution in [3.8, 4) is 0 Å². The van der Waals surface area contributed by atoms with Gasteiger partial charge in [0.1, 0.15) is 0 Å². The van der Waals surface area contributed by atoms with Crippen LogP contribution in [-0.4, -0.2) is 13.3 Å². The lowest BCUT2D eigenvalue weighted by Crippen LogP contribution is -1.78. The molecule has 0 N–H and O–H groups in total. The summed E-state index contributed by atoms with van der Waals surface area (Å²) in [5.41, 5.74) is 0. The van der Waals surface area contributed by atoms with Crippen LogP contribution in [0.4, 0.5) is 8.78 Å². The summed E-state index contributed by atoms with van der Waals surface area (Å²) in [5.74, 6) is 0. The molecule has 0 aliphatic carbocycles. The Morgan fingerprint density at radius 3 is 1.00 bits per heavy atom. The molecule has 18 heavy (non-hydrogen) atoms. The second-order valence-electron chi connectivity index (χ2n) is 4.91. The van der Waals surface area contributed by atoms with E-state index in [-0.39, 0.29) is 13.3 Å². The van der Waals surface area contributed by atoms with Crippen LogP contribution in [0, 0.1) is 0 Å². The van der Waals surface area contributed by atoms with E-state index in [1.54, 1.807) is 0 Å². The van der Waals surface area contributed by atoms with Gasteiger partial charge in [0.15, 0.2) is 0 Å². The third kappa shape index (κ3) is 24.9. The van der Waals surface area contributed by atoms with E-state index in [0.717, 1.165) is 25.7 Å². The molecule has 0 amide bonds. The molecule has 0 spiro atoms. The number of halogens is 2. The first kappa shape index (κ1) is 20.2. The Morgan fingerprint density at radius 1 is 0.444 bits per heavy atom. The summed E-state index contributed by atoms with van der Waals surface area (Å²) in [7, 11) is 0. The third-order valence-electron chi connectivity index (χ3n) is 2.97. The summed E-state index contributed by atoms with van der Waals surface area (Å²) in [5, 5.41) is 0. The lowest BCUT2D eigenvalue weighted by Gasteiger charge is -1.95. The Kier molecular flexibility index (Phi) is 24.8. The highest BCUT2D eigenvalue weighted by Gasteiger charge is 1.87. The first-order chi connectivity index (χ1) is 8.83. The highest BCUT2D eigenvalue weighted by atomic mass is 19.1. The predicted molar refractivity (Wildman–Crippen MR) is 78.7 cm³/mol. The van der Waals surface area contributed by atoms with Crippen LogP contribution in [0.5, 0.6) is 0 Å². The van der Waals surface area contributed by atoms with E-state index in [1.165, 1.54) is 51.4 Å². The maximum absolute atomic E-state index is 11.5. The molecular weight excluding hydrogens is 230 g/mol. The minimum Gasteiger partial charge on any atom is -0.251 e. The van der Waals surface area contributed by atoms with Gasteiger partial charge < -0.3 is 0 Å². The summed E-state index contributed by atoms with van der Waals surface area (Å²) in [6.45, 7) is 4.11. The monoisotopic (exact) mass is 264 g/mol. The van der Waals surface area contributed by atoms with Crippen molar-refractivity contribution in [2.75, 3.05) is 13.3 Å². The SMILES string of the molecule is CCCCCCCCF.CCCCCCCCF. The summed E-state index contributed by atoms with van der Waals surface area (Å²) < 4.78 is 23.0. The number of hydrogen-bond acceptors (Lipinski definition) is 0. The van der Waals surface area contributed by atoms with E-state index in [4.69, 9.17) is 0 Å². The van der Waals surface area contributed by atoms with Gasteiger partial charge in [0.25, 0.3) is 0 Å². The molecule has 0 saturated heterocycles. The molecule has 0 fully saturated rings. The number of rotatable bonds is 12. The average molecular weight is 264 g/mol. The zero-order valence-electron chi connectivity index (χ0n) is 12.7. The number of unbranched alkanes of at least 4 members (excludes halogenated alkanes) is 10. The van der Waals surface area contributed by atoms with Crippen LogP contribution < -0.4 is 0 Å². The molecule has 2 heteroatoms. The Bertz CT molecular complexity index is 89.7. The van der Waals surface area contributed by atoms with Gasteiger partial charge in [-0.2, -0.15) is 0 Å². The molecule has 0 aliphatic rings. The number of alkyl halides is 2. The highest BCUT2D eigenvalue weighted by molar-refractivity contribution is 4.42. The molecule has 0 unspecified atom stereocenters. The average Bonchev–Trinajstić information content (AvgIpc) is 2.39. The molecule has 0 heterocycles. The van der Waals surface area contributed by atoms with Crippen LogP contribution in [0.3, 0.4) is 0 Å². The topological polar surface area (TPSA) is 0 Å². The fourth-order valence-corrected chi connectivity index (χ4v) is 1.75. The van der Waals surface area contributed by atoms with Crippen molar-refractivity contribution < 1.29 is 8.78 Å². The molecule has 0 aliphatic heterocycles. The maximum Gasteiger partial charge on any atom is 0.0894 e. The molecular formula is C16H34F2. The lowest BCUT2D eigenvalue weighted by atomic mass is 10.1. The Labute approximate surface area is 114 Å². The lowest BCUT2D eigenvalue weighted by molar-refractivity contribution is 0.451. The Balaban J connectivity index is 0. The van der Waals surface area contributed by atoms with E-state index in [2.05, 4.69) is 13.8 Å². The summed E-state index contributed by atoms with van der Waals surface area (Å²) in [4.78, 5) is 0. The minimum absolute atomic E-state index is 0.133. The van der Waals surface area contributed by atoms with Crippen molar-refractivity contribution in [1.82, 2.24) is 0 Å².